The van der Waals surface area contributed by atoms with E-state index >= 15 is 0 Å². The summed E-state index contributed by atoms with van der Waals surface area (Å²) in [6.45, 7) is 3.07. The Kier molecular flexibility index (Phi) is 6.65. The molecule has 0 aromatic rings. The van der Waals surface area contributed by atoms with Gasteiger partial charge in [-0.05, 0) is 12.8 Å². The highest BCUT2D eigenvalue weighted by molar-refractivity contribution is 7.46. The molecule has 0 saturated heterocycles. The van der Waals surface area contributed by atoms with E-state index in [9.17, 15) is 9.67 Å². The monoisotopic (exact) mass is 257 g/mol. The Hall–Kier alpha value is -0.0100. The smallest absolute Gasteiger partial charge is 0.395 e. The minimum Gasteiger partial charge on any atom is -0.395 e. The van der Waals surface area contributed by atoms with E-state index in [1.54, 1.807) is 13.8 Å². The standard InChI is InChI=1S/C8H20NO6P/c1-3-8(11,4-2)7-9(5-6-10)15-16(12,13)14/h10-11H,3-7H2,1-2H3,(H2,12,13,14). The van der Waals surface area contributed by atoms with Crippen molar-refractivity contribution in [1.29, 1.82) is 0 Å². The molecule has 0 aromatic heterocycles. The third-order valence-corrected chi connectivity index (χ3v) is 2.80. The normalized spacial score (nSPS) is 13.4. The first-order chi connectivity index (χ1) is 7.26. The van der Waals surface area contributed by atoms with E-state index in [1.807, 2.05) is 0 Å². The lowest BCUT2D eigenvalue weighted by atomic mass is 9.97. The van der Waals surface area contributed by atoms with E-state index in [0.29, 0.717) is 12.8 Å². The topological polar surface area (TPSA) is 110 Å². The molecule has 8 heteroatoms. The fourth-order valence-corrected chi connectivity index (χ4v) is 1.65. The SMILES string of the molecule is CCC(O)(CC)CN(CCO)OP(=O)(O)O. The van der Waals surface area contributed by atoms with Gasteiger partial charge in [0.15, 0.2) is 0 Å². The fraction of sp³-hybridized carbons (Fsp3) is 1.00. The van der Waals surface area contributed by atoms with Crippen LogP contribution in [0.2, 0.25) is 0 Å². The highest BCUT2D eigenvalue weighted by Gasteiger charge is 2.29. The molecule has 16 heavy (non-hydrogen) atoms. The first-order valence-electron chi connectivity index (χ1n) is 5.09. The average Bonchev–Trinajstić information content (AvgIpc) is 2.15. The molecule has 0 fully saturated rings. The van der Waals surface area contributed by atoms with Crippen LogP contribution < -0.4 is 0 Å². The Balaban J connectivity index is 4.49. The molecule has 7 nitrogen and oxygen atoms in total. The lowest BCUT2D eigenvalue weighted by molar-refractivity contribution is -0.136. The number of rotatable bonds is 8. The van der Waals surface area contributed by atoms with Crippen LogP contribution in [0, 0.1) is 0 Å². The van der Waals surface area contributed by atoms with Gasteiger partial charge in [-0.15, -0.1) is 0 Å². The maximum Gasteiger partial charge on any atom is 0.486 e. The average molecular weight is 257 g/mol. The minimum absolute atomic E-state index is 0.0638. The third-order valence-electron chi connectivity index (χ3n) is 2.36. The van der Waals surface area contributed by atoms with Crippen molar-refractivity contribution < 1.29 is 29.2 Å². The molecular formula is C8H20NO6P. The van der Waals surface area contributed by atoms with Gasteiger partial charge in [0.2, 0.25) is 0 Å². The summed E-state index contributed by atoms with van der Waals surface area (Å²) in [5, 5.41) is 19.6. The van der Waals surface area contributed by atoms with Gasteiger partial charge >= 0.3 is 7.82 Å². The van der Waals surface area contributed by atoms with E-state index in [1.165, 1.54) is 0 Å². The molecule has 0 radical (unpaired) electrons. The summed E-state index contributed by atoms with van der Waals surface area (Å²) in [6.07, 6.45) is 0.853. The van der Waals surface area contributed by atoms with Crippen LogP contribution in [0.1, 0.15) is 26.7 Å². The molecular weight excluding hydrogens is 237 g/mol. The van der Waals surface area contributed by atoms with Crippen molar-refractivity contribution in [2.75, 3.05) is 19.7 Å². The van der Waals surface area contributed by atoms with Crippen LogP contribution in [0.4, 0.5) is 0 Å². The molecule has 0 aliphatic carbocycles. The zero-order valence-electron chi connectivity index (χ0n) is 9.54. The molecule has 0 aromatic carbocycles. The number of hydrogen-bond acceptors (Lipinski definition) is 5. The van der Waals surface area contributed by atoms with E-state index < -0.39 is 13.4 Å². The van der Waals surface area contributed by atoms with E-state index in [4.69, 9.17) is 14.9 Å². The Morgan fingerprint density at radius 2 is 1.81 bits per heavy atom. The quantitative estimate of drug-likeness (QED) is 0.353. The molecule has 0 atom stereocenters. The number of aliphatic hydroxyl groups excluding tert-OH is 1. The zero-order valence-corrected chi connectivity index (χ0v) is 10.4. The number of aliphatic hydroxyl groups is 2. The van der Waals surface area contributed by atoms with Crippen molar-refractivity contribution in [2.24, 2.45) is 0 Å². The Morgan fingerprint density at radius 1 is 1.31 bits per heavy atom. The summed E-state index contributed by atoms with van der Waals surface area (Å²) in [6, 6.07) is 0. The predicted octanol–water partition coefficient (Wildman–Crippen LogP) is -0.144. The summed E-state index contributed by atoms with van der Waals surface area (Å²) in [5.41, 5.74) is -1.08. The number of nitrogens with zero attached hydrogens (tertiary/aromatic N) is 1. The van der Waals surface area contributed by atoms with E-state index in [-0.39, 0.29) is 19.7 Å². The molecule has 0 saturated carbocycles. The van der Waals surface area contributed by atoms with Crippen LogP contribution in [0.5, 0.6) is 0 Å². The van der Waals surface area contributed by atoms with Gasteiger partial charge in [0.1, 0.15) is 0 Å². The lowest BCUT2D eigenvalue weighted by Gasteiger charge is -2.31. The first-order valence-corrected chi connectivity index (χ1v) is 6.63. The maximum absolute atomic E-state index is 10.6. The van der Waals surface area contributed by atoms with Crippen molar-refractivity contribution in [2.45, 2.75) is 32.3 Å². The van der Waals surface area contributed by atoms with Crippen LogP contribution in [0.15, 0.2) is 0 Å². The highest BCUT2D eigenvalue weighted by atomic mass is 31.2. The molecule has 98 valence electrons. The summed E-state index contributed by atoms with van der Waals surface area (Å²) in [5.74, 6) is 0. The molecule has 0 aliphatic heterocycles. The second-order valence-corrected chi connectivity index (χ2v) is 4.74. The van der Waals surface area contributed by atoms with Gasteiger partial charge in [0.25, 0.3) is 0 Å². The van der Waals surface area contributed by atoms with Crippen LogP contribution in [-0.4, -0.2) is 50.4 Å². The maximum atomic E-state index is 10.6. The molecule has 0 heterocycles. The van der Waals surface area contributed by atoms with Crippen molar-refractivity contribution in [3.8, 4) is 0 Å². The number of hydrogen-bond donors (Lipinski definition) is 4. The molecule has 0 spiro atoms. The minimum atomic E-state index is -4.65. The van der Waals surface area contributed by atoms with Gasteiger partial charge in [0, 0.05) is 6.54 Å². The molecule has 4 N–H and O–H groups in total. The van der Waals surface area contributed by atoms with Gasteiger partial charge in [0.05, 0.1) is 18.8 Å². The first kappa shape index (κ1) is 16.0. The second-order valence-electron chi connectivity index (χ2n) is 3.59. The molecule has 0 amide bonds. The van der Waals surface area contributed by atoms with Crippen molar-refractivity contribution in [1.82, 2.24) is 5.06 Å². The van der Waals surface area contributed by atoms with Crippen LogP contribution in [-0.2, 0) is 9.19 Å². The van der Waals surface area contributed by atoms with Crippen LogP contribution >= 0.6 is 7.82 Å². The Morgan fingerprint density at radius 3 is 2.12 bits per heavy atom. The van der Waals surface area contributed by atoms with Crippen molar-refractivity contribution in [3.63, 3.8) is 0 Å². The molecule has 0 unspecified atom stereocenters. The highest BCUT2D eigenvalue weighted by Crippen LogP contribution is 2.37. The van der Waals surface area contributed by atoms with Gasteiger partial charge in [-0.3, -0.25) is 0 Å². The second kappa shape index (κ2) is 6.66. The molecule has 0 bridgehead atoms. The number of hydroxylamine groups is 2. The molecule has 0 aliphatic rings. The predicted molar refractivity (Wildman–Crippen MR) is 57.3 cm³/mol. The Labute approximate surface area is 94.8 Å². The summed E-state index contributed by atoms with van der Waals surface area (Å²) < 4.78 is 15.0. The van der Waals surface area contributed by atoms with Crippen LogP contribution in [0.3, 0.4) is 0 Å². The molecule has 0 rings (SSSR count). The summed E-state index contributed by atoms with van der Waals surface area (Å²) in [4.78, 5) is 17.3. The summed E-state index contributed by atoms with van der Waals surface area (Å²) >= 11 is 0. The van der Waals surface area contributed by atoms with Crippen molar-refractivity contribution in [3.05, 3.63) is 0 Å². The van der Waals surface area contributed by atoms with Gasteiger partial charge in [-0.2, -0.15) is 9.69 Å². The van der Waals surface area contributed by atoms with E-state index in [2.05, 4.69) is 4.62 Å². The van der Waals surface area contributed by atoms with Crippen molar-refractivity contribution >= 4 is 7.82 Å². The largest absolute Gasteiger partial charge is 0.486 e. The zero-order chi connectivity index (χ0) is 12.8. The van der Waals surface area contributed by atoms with Gasteiger partial charge in [-0.25, -0.2) is 4.57 Å². The van der Waals surface area contributed by atoms with Crippen LogP contribution in [0.25, 0.3) is 0 Å². The lowest BCUT2D eigenvalue weighted by Crippen LogP contribution is -2.42. The van der Waals surface area contributed by atoms with Gasteiger partial charge in [-0.1, -0.05) is 13.8 Å². The Bertz CT molecular complexity index is 239. The fourth-order valence-electron chi connectivity index (χ4n) is 1.21. The van der Waals surface area contributed by atoms with E-state index in [0.717, 1.165) is 5.06 Å². The third kappa shape index (κ3) is 6.55. The number of phosphoric acid groups is 1. The van der Waals surface area contributed by atoms with Gasteiger partial charge < -0.3 is 20.0 Å². The summed E-state index contributed by atoms with van der Waals surface area (Å²) in [7, 11) is -4.65.